The lowest BCUT2D eigenvalue weighted by Gasteiger charge is -2.39. The maximum absolute atomic E-state index is 3.63. The standard InChI is InChI=1S/C14H27N3/c1-10-7-16(8-11(2)15-10)14-6-12(3)17(9-14)13-4-5-13/h10-15H,4-9H2,1-3H3. The Balaban J connectivity index is 1.61. The van der Waals surface area contributed by atoms with Crippen LogP contribution in [0.2, 0.25) is 0 Å². The first-order valence-corrected chi connectivity index (χ1v) is 7.39. The average Bonchev–Trinajstić information content (AvgIpc) is 3.01. The number of rotatable bonds is 2. The molecule has 3 aliphatic rings. The SMILES string of the molecule is CC1CN(C2CC(C)N(C3CC3)C2)CC(C)N1. The summed E-state index contributed by atoms with van der Waals surface area (Å²) < 4.78 is 0. The molecule has 0 bridgehead atoms. The van der Waals surface area contributed by atoms with Crippen molar-refractivity contribution in [3.8, 4) is 0 Å². The number of hydrogen-bond acceptors (Lipinski definition) is 3. The lowest BCUT2D eigenvalue weighted by molar-refractivity contribution is 0.123. The van der Waals surface area contributed by atoms with Gasteiger partial charge in [0, 0.05) is 49.8 Å². The number of nitrogens with zero attached hydrogens (tertiary/aromatic N) is 2. The van der Waals surface area contributed by atoms with Gasteiger partial charge in [-0.25, -0.2) is 0 Å². The van der Waals surface area contributed by atoms with Crippen LogP contribution in [0.25, 0.3) is 0 Å². The smallest absolute Gasteiger partial charge is 0.0239 e. The number of likely N-dealkylation sites (tertiary alicyclic amines) is 1. The summed E-state index contributed by atoms with van der Waals surface area (Å²) >= 11 is 0. The van der Waals surface area contributed by atoms with Crippen LogP contribution >= 0.6 is 0 Å². The minimum absolute atomic E-state index is 0.657. The highest BCUT2D eigenvalue weighted by Gasteiger charge is 2.41. The van der Waals surface area contributed by atoms with E-state index in [9.17, 15) is 0 Å². The van der Waals surface area contributed by atoms with Crippen LogP contribution in [-0.2, 0) is 0 Å². The average molecular weight is 237 g/mol. The first-order chi connectivity index (χ1) is 8.13. The molecule has 4 unspecified atom stereocenters. The van der Waals surface area contributed by atoms with Gasteiger partial charge in [-0.2, -0.15) is 0 Å². The minimum Gasteiger partial charge on any atom is -0.309 e. The molecule has 17 heavy (non-hydrogen) atoms. The van der Waals surface area contributed by atoms with Gasteiger partial charge in [0.1, 0.15) is 0 Å². The van der Waals surface area contributed by atoms with E-state index in [1.165, 1.54) is 38.9 Å². The topological polar surface area (TPSA) is 18.5 Å². The molecule has 98 valence electrons. The summed E-state index contributed by atoms with van der Waals surface area (Å²) in [5.74, 6) is 0. The zero-order chi connectivity index (χ0) is 12.0. The van der Waals surface area contributed by atoms with E-state index in [4.69, 9.17) is 0 Å². The van der Waals surface area contributed by atoms with Crippen LogP contribution in [0, 0.1) is 0 Å². The first-order valence-electron chi connectivity index (χ1n) is 7.39. The monoisotopic (exact) mass is 237 g/mol. The second kappa shape index (κ2) is 4.52. The predicted molar refractivity (Wildman–Crippen MR) is 71.2 cm³/mol. The second-order valence-corrected chi connectivity index (χ2v) is 6.59. The Morgan fingerprint density at radius 3 is 2.12 bits per heavy atom. The summed E-state index contributed by atoms with van der Waals surface area (Å²) in [6, 6.07) is 3.88. The maximum atomic E-state index is 3.63. The Morgan fingerprint density at radius 1 is 0.882 bits per heavy atom. The van der Waals surface area contributed by atoms with Crippen molar-refractivity contribution in [2.45, 2.75) is 70.2 Å². The fraction of sp³-hybridized carbons (Fsp3) is 1.00. The molecule has 3 rings (SSSR count). The minimum atomic E-state index is 0.657. The third-order valence-corrected chi connectivity index (χ3v) is 4.72. The molecule has 4 atom stereocenters. The van der Waals surface area contributed by atoms with Crippen LogP contribution in [-0.4, -0.2) is 59.6 Å². The summed E-state index contributed by atoms with van der Waals surface area (Å²) in [5, 5.41) is 3.63. The quantitative estimate of drug-likeness (QED) is 0.781. The molecule has 0 aromatic carbocycles. The third-order valence-electron chi connectivity index (χ3n) is 4.72. The largest absolute Gasteiger partial charge is 0.309 e. The van der Waals surface area contributed by atoms with Crippen LogP contribution in [0.1, 0.15) is 40.0 Å². The van der Waals surface area contributed by atoms with E-state index >= 15 is 0 Å². The summed E-state index contributed by atoms with van der Waals surface area (Å²) in [6.07, 6.45) is 4.28. The molecule has 0 amide bonds. The molecule has 3 fully saturated rings. The van der Waals surface area contributed by atoms with Crippen molar-refractivity contribution in [1.29, 1.82) is 0 Å². The van der Waals surface area contributed by atoms with Crippen molar-refractivity contribution in [2.75, 3.05) is 19.6 Å². The molecule has 2 heterocycles. The molecule has 0 aromatic rings. The molecule has 0 aromatic heterocycles. The van der Waals surface area contributed by atoms with Crippen molar-refractivity contribution in [3.63, 3.8) is 0 Å². The Morgan fingerprint density at radius 2 is 1.53 bits per heavy atom. The van der Waals surface area contributed by atoms with Crippen molar-refractivity contribution in [2.24, 2.45) is 0 Å². The Labute approximate surface area is 106 Å². The van der Waals surface area contributed by atoms with E-state index in [0.717, 1.165) is 18.1 Å². The summed E-state index contributed by atoms with van der Waals surface area (Å²) in [6.45, 7) is 10.9. The van der Waals surface area contributed by atoms with E-state index in [-0.39, 0.29) is 0 Å². The fourth-order valence-electron chi connectivity index (χ4n) is 3.87. The lowest BCUT2D eigenvalue weighted by Crippen LogP contribution is -2.57. The van der Waals surface area contributed by atoms with Gasteiger partial charge in [-0.15, -0.1) is 0 Å². The predicted octanol–water partition coefficient (Wildman–Crippen LogP) is 1.29. The Hall–Kier alpha value is -0.120. The van der Waals surface area contributed by atoms with E-state index in [1.807, 2.05) is 0 Å². The van der Waals surface area contributed by atoms with Gasteiger partial charge in [-0.3, -0.25) is 9.80 Å². The Kier molecular flexibility index (Phi) is 3.18. The number of piperazine rings is 1. The zero-order valence-electron chi connectivity index (χ0n) is 11.5. The van der Waals surface area contributed by atoms with Gasteiger partial charge in [0.25, 0.3) is 0 Å². The molecular formula is C14H27N3. The normalized spacial score (nSPS) is 45.4. The molecule has 3 heteroatoms. The highest BCUT2D eigenvalue weighted by atomic mass is 15.3. The number of nitrogens with one attached hydrogen (secondary N) is 1. The summed E-state index contributed by atoms with van der Waals surface area (Å²) in [4.78, 5) is 5.51. The van der Waals surface area contributed by atoms with Crippen LogP contribution in [0.4, 0.5) is 0 Å². The fourth-order valence-corrected chi connectivity index (χ4v) is 3.87. The molecule has 0 spiro atoms. The van der Waals surface area contributed by atoms with Gasteiger partial charge in [0.2, 0.25) is 0 Å². The van der Waals surface area contributed by atoms with Crippen molar-refractivity contribution in [1.82, 2.24) is 15.1 Å². The molecule has 2 saturated heterocycles. The molecule has 2 aliphatic heterocycles. The van der Waals surface area contributed by atoms with Crippen LogP contribution in [0.15, 0.2) is 0 Å². The van der Waals surface area contributed by atoms with Gasteiger partial charge in [-0.05, 0) is 40.0 Å². The van der Waals surface area contributed by atoms with E-state index in [0.29, 0.717) is 12.1 Å². The maximum Gasteiger partial charge on any atom is 0.0239 e. The van der Waals surface area contributed by atoms with Gasteiger partial charge >= 0.3 is 0 Å². The molecule has 1 aliphatic carbocycles. The van der Waals surface area contributed by atoms with E-state index < -0.39 is 0 Å². The van der Waals surface area contributed by atoms with Gasteiger partial charge in [0.15, 0.2) is 0 Å². The highest BCUT2D eigenvalue weighted by Crippen LogP contribution is 2.34. The van der Waals surface area contributed by atoms with Gasteiger partial charge in [0.05, 0.1) is 0 Å². The van der Waals surface area contributed by atoms with Crippen LogP contribution < -0.4 is 5.32 Å². The van der Waals surface area contributed by atoms with E-state index in [2.05, 4.69) is 35.9 Å². The molecule has 3 nitrogen and oxygen atoms in total. The van der Waals surface area contributed by atoms with Crippen LogP contribution in [0.3, 0.4) is 0 Å². The second-order valence-electron chi connectivity index (χ2n) is 6.59. The molecule has 0 radical (unpaired) electrons. The zero-order valence-corrected chi connectivity index (χ0v) is 11.5. The van der Waals surface area contributed by atoms with Crippen molar-refractivity contribution in [3.05, 3.63) is 0 Å². The van der Waals surface area contributed by atoms with E-state index in [1.54, 1.807) is 0 Å². The van der Waals surface area contributed by atoms with Crippen molar-refractivity contribution >= 4 is 0 Å². The van der Waals surface area contributed by atoms with Crippen molar-refractivity contribution < 1.29 is 0 Å². The summed E-state index contributed by atoms with van der Waals surface area (Å²) in [5.41, 5.74) is 0. The van der Waals surface area contributed by atoms with Gasteiger partial charge < -0.3 is 5.32 Å². The Bertz CT molecular complexity index is 267. The number of hydrogen-bond donors (Lipinski definition) is 1. The lowest BCUT2D eigenvalue weighted by atomic mass is 10.1. The molecule has 1 N–H and O–H groups in total. The van der Waals surface area contributed by atoms with Gasteiger partial charge in [-0.1, -0.05) is 0 Å². The molecular weight excluding hydrogens is 210 g/mol. The molecule has 1 saturated carbocycles. The first kappa shape index (κ1) is 11.9. The highest BCUT2D eigenvalue weighted by molar-refractivity contribution is 4.98. The third kappa shape index (κ3) is 2.51. The van der Waals surface area contributed by atoms with Crippen LogP contribution in [0.5, 0.6) is 0 Å². The summed E-state index contributed by atoms with van der Waals surface area (Å²) in [7, 11) is 0.